The molecule has 0 aromatic heterocycles. The molecule has 4 nitrogen and oxygen atoms in total. The van der Waals surface area contributed by atoms with Crippen LogP contribution in [0.3, 0.4) is 0 Å². The Morgan fingerprint density at radius 1 is 1.17 bits per heavy atom. The second kappa shape index (κ2) is 6.48. The second-order valence-electron chi connectivity index (χ2n) is 5.55. The zero-order valence-electron chi connectivity index (χ0n) is 12.9. The van der Waals surface area contributed by atoms with E-state index in [1.807, 2.05) is 37.3 Å². The van der Waals surface area contributed by atoms with E-state index in [1.165, 1.54) is 6.08 Å². The van der Waals surface area contributed by atoms with Crippen LogP contribution in [-0.2, 0) is 11.3 Å². The zero-order valence-corrected chi connectivity index (χ0v) is 12.9. The van der Waals surface area contributed by atoms with Gasteiger partial charge in [0.2, 0.25) is 0 Å². The van der Waals surface area contributed by atoms with E-state index >= 15 is 0 Å². The average Bonchev–Trinajstić information content (AvgIpc) is 2.87. The Hall–Kier alpha value is -2.88. The minimum atomic E-state index is -0.418. The first-order valence-corrected chi connectivity index (χ1v) is 7.44. The number of carbonyl (C=O) groups excluding carboxylic acids is 2. The van der Waals surface area contributed by atoms with E-state index in [1.54, 1.807) is 29.2 Å². The topological polar surface area (TPSA) is 46.6 Å². The molecule has 0 bridgehead atoms. The number of benzene rings is 2. The summed E-state index contributed by atoms with van der Waals surface area (Å²) in [6.07, 6.45) is 0.974. The summed E-state index contributed by atoms with van der Waals surface area (Å²) in [5.74, 6) is 0.224. The summed E-state index contributed by atoms with van der Waals surface area (Å²) < 4.78 is 5.20. The molecule has 0 unspecified atom stereocenters. The van der Waals surface area contributed by atoms with Crippen molar-refractivity contribution in [2.75, 3.05) is 6.54 Å². The summed E-state index contributed by atoms with van der Waals surface area (Å²) in [4.78, 5) is 25.7. The SMILES string of the molecule is Cc1cccc(CN2CC(=CC(=O)c3ccccc3)OC2=O)c1. The number of hydrogen-bond acceptors (Lipinski definition) is 3. The third kappa shape index (κ3) is 3.66. The molecule has 2 aromatic carbocycles. The van der Waals surface area contributed by atoms with Crippen LogP contribution in [0.15, 0.2) is 66.4 Å². The molecule has 0 saturated carbocycles. The minimum Gasteiger partial charge on any atom is -0.413 e. The predicted molar refractivity (Wildman–Crippen MR) is 86.9 cm³/mol. The quantitative estimate of drug-likeness (QED) is 0.639. The summed E-state index contributed by atoms with van der Waals surface area (Å²) in [5.41, 5.74) is 2.76. The van der Waals surface area contributed by atoms with Crippen LogP contribution in [-0.4, -0.2) is 23.3 Å². The highest BCUT2D eigenvalue weighted by Crippen LogP contribution is 2.19. The van der Waals surface area contributed by atoms with Gasteiger partial charge in [-0.3, -0.25) is 9.69 Å². The number of rotatable bonds is 4. The van der Waals surface area contributed by atoms with Gasteiger partial charge in [0, 0.05) is 18.2 Å². The maximum absolute atomic E-state index is 12.1. The lowest BCUT2D eigenvalue weighted by molar-refractivity contribution is 0.104. The molecule has 3 rings (SSSR count). The van der Waals surface area contributed by atoms with Crippen LogP contribution in [0.5, 0.6) is 0 Å². The fourth-order valence-corrected chi connectivity index (χ4v) is 2.52. The van der Waals surface area contributed by atoms with E-state index in [0.29, 0.717) is 24.4 Å². The number of carbonyl (C=O) groups is 2. The number of amides is 1. The number of ketones is 1. The highest BCUT2D eigenvalue weighted by Gasteiger charge is 2.27. The lowest BCUT2D eigenvalue weighted by atomic mass is 10.1. The molecule has 0 atom stereocenters. The van der Waals surface area contributed by atoms with Gasteiger partial charge in [-0.05, 0) is 12.5 Å². The lowest BCUT2D eigenvalue weighted by Crippen LogP contribution is -2.23. The molecule has 116 valence electrons. The molecule has 1 heterocycles. The van der Waals surface area contributed by atoms with E-state index < -0.39 is 6.09 Å². The molecule has 0 N–H and O–H groups in total. The number of cyclic esters (lactones) is 1. The van der Waals surface area contributed by atoms with Crippen molar-refractivity contribution in [2.45, 2.75) is 13.5 Å². The first-order valence-electron chi connectivity index (χ1n) is 7.44. The van der Waals surface area contributed by atoms with Gasteiger partial charge in [-0.2, -0.15) is 0 Å². The summed E-state index contributed by atoms with van der Waals surface area (Å²) in [6, 6.07) is 16.9. The summed E-state index contributed by atoms with van der Waals surface area (Å²) in [6.45, 7) is 2.79. The Morgan fingerprint density at radius 3 is 2.70 bits per heavy atom. The van der Waals surface area contributed by atoms with Gasteiger partial charge in [0.1, 0.15) is 5.76 Å². The van der Waals surface area contributed by atoms with Crippen LogP contribution in [0.4, 0.5) is 4.79 Å². The first-order chi connectivity index (χ1) is 11.1. The van der Waals surface area contributed by atoms with Gasteiger partial charge in [0.15, 0.2) is 5.78 Å². The first kappa shape index (κ1) is 15.0. The number of hydrogen-bond donors (Lipinski definition) is 0. The van der Waals surface area contributed by atoms with Gasteiger partial charge in [-0.25, -0.2) is 4.79 Å². The van der Waals surface area contributed by atoms with Gasteiger partial charge >= 0.3 is 6.09 Å². The fraction of sp³-hybridized carbons (Fsp3) is 0.158. The van der Waals surface area contributed by atoms with Gasteiger partial charge in [-0.1, -0.05) is 60.2 Å². The Balaban J connectivity index is 1.70. The van der Waals surface area contributed by atoms with Crippen LogP contribution in [0.2, 0.25) is 0 Å². The number of nitrogens with zero attached hydrogens (tertiary/aromatic N) is 1. The van der Waals surface area contributed by atoms with Crippen LogP contribution < -0.4 is 0 Å². The van der Waals surface area contributed by atoms with Crippen LogP contribution >= 0.6 is 0 Å². The molecule has 1 amide bonds. The molecule has 1 aliphatic heterocycles. The van der Waals surface area contributed by atoms with Crippen molar-refractivity contribution in [3.63, 3.8) is 0 Å². The Labute approximate surface area is 135 Å². The Kier molecular flexibility index (Phi) is 4.24. The highest BCUT2D eigenvalue weighted by molar-refractivity contribution is 6.05. The van der Waals surface area contributed by atoms with Crippen molar-refractivity contribution in [3.05, 3.63) is 83.1 Å². The Bertz CT molecular complexity index is 765. The summed E-state index contributed by atoms with van der Waals surface area (Å²) in [5, 5.41) is 0. The fourth-order valence-electron chi connectivity index (χ4n) is 2.52. The molecule has 1 saturated heterocycles. The van der Waals surface area contributed by atoms with Gasteiger partial charge in [0.25, 0.3) is 0 Å². The number of aryl methyl sites for hydroxylation is 1. The normalized spacial score (nSPS) is 15.8. The average molecular weight is 307 g/mol. The molecular formula is C19H17NO3. The smallest absolute Gasteiger partial charge is 0.413 e. The van der Waals surface area contributed by atoms with Crippen molar-refractivity contribution in [3.8, 4) is 0 Å². The van der Waals surface area contributed by atoms with Gasteiger partial charge < -0.3 is 4.74 Å². The standard InChI is InChI=1S/C19H17NO3/c1-14-6-5-7-15(10-14)12-20-13-17(23-19(20)22)11-18(21)16-8-3-2-4-9-16/h2-11H,12-13H2,1H3. The van der Waals surface area contributed by atoms with E-state index in [-0.39, 0.29) is 5.78 Å². The van der Waals surface area contributed by atoms with E-state index in [2.05, 4.69) is 0 Å². The highest BCUT2D eigenvalue weighted by atomic mass is 16.6. The van der Waals surface area contributed by atoms with Crippen LogP contribution in [0, 0.1) is 6.92 Å². The van der Waals surface area contributed by atoms with Crippen molar-refractivity contribution < 1.29 is 14.3 Å². The van der Waals surface area contributed by atoms with Crippen LogP contribution in [0.25, 0.3) is 0 Å². The van der Waals surface area contributed by atoms with E-state index in [4.69, 9.17) is 4.74 Å². The molecule has 0 spiro atoms. The van der Waals surface area contributed by atoms with Gasteiger partial charge in [-0.15, -0.1) is 0 Å². The molecule has 0 aliphatic carbocycles. The van der Waals surface area contributed by atoms with E-state index in [0.717, 1.165) is 11.1 Å². The van der Waals surface area contributed by atoms with Crippen LogP contribution in [0.1, 0.15) is 21.5 Å². The maximum Gasteiger partial charge on any atom is 0.415 e. The van der Waals surface area contributed by atoms with E-state index in [9.17, 15) is 9.59 Å². The maximum atomic E-state index is 12.1. The molecular weight excluding hydrogens is 290 g/mol. The molecule has 4 heteroatoms. The molecule has 1 aliphatic rings. The zero-order chi connectivity index (χ0) is 16.2. The molecule has 2 aromatic rings. The number of allylic oxidation sites excluding steroid dienone is 1. The molecule has 23 heavy (non-hydrogen) atoms. The third-order valence-electron chi connectivity index (χ3n) is 3.63. The number of ether oxygens (including phenoxy) is 1. The summed E-state index contributed by atoms with van der Waals surface area (Å²) >= 11 is 0. The van der Waals surface area contributed by atoms with Crippen molar-refractivity contribution in [2.24, 2.45) is 0 Å². The molecule has 1 fully saturated rings. The van der Waals surface area contributed by atoms with Crippen molar-refractivity contribution >= 4 is 11.9 Å². The van der Waals surface area contributed by atoms with Crippen molar-refractivity contribution in [1.29, 1.82) is 0 Å². The van der Waals surface area contributed by atoms with Gasteiger partial charge in [0.05, 0.1) is 6.54 Å². The second-order valence-corrected chi connectivity index (χ2v) is 5.55. The van der Waals surface area contributed by atoms with Crippen molar-refractivity contribution in [1.82, 2.24) is 4.90 Å². The Morgan fingerprint density at radius 2 is 1.96 bits per heavy atom. The molecule has 0 radical (unpaired) electrons. The largest absolute Gasteiger partial charge is 0.415 e. The third-order valence-corrected chi connectivity index (χ3v) is 3.63. The lowest BCUT2D eigenvalue weighted by Gasteiger charge is -2.12. The minimum absolute atomic E-state index is 0.161. The predicted octanol–water partition coefficient (Wildman–Crippen LogP) is 3.71. The monoisotopic (exact) mass is 307 g/mol. The summed E-state index contributed by atoms with van der Waals surface area (Å²) in [7, 11) is 0.